The van der Waals surface area contributed by atoms with Crippen LogP contribution >= 0.6 is 0 Å². The number of anilines is 1. The molecular weight excluding hydrogens is 370 g/mol. The number of aromatic nitrogens is 3. The predicted octanol–water partition coefficient (Wildman–Crippen LogP) is 3.06. The Bertz CT molecular complexity index is 982. The van der Waals surface area contributed by atoms with Crippen molar-refractivity contribution in [3.63, 3.8) is 0 Å². The van der Waals surface area contributed by atoms with Crippen molar-refractivity contribution in [2.75, 3.05) is 25.1 Å². The van der Waals surface area contributed by atoms with E-state index in [1.165, 1.54) is 19.3 Å². The molecule has 150 valence electrons. The molecule has 3 heterocycles. The Labute approximate surface area is 168 Å². The van der Waals surface area contributed by atoms with E-state index in [0.29, 0.717) is 12.4 Å². The number of carbonyl (C=O) groups excluding carboxylic acids is 1. The number of amides is 1. The monoisotopic (exact) mass is 393 g/mol. The van der Waals surface area contributed by atoms with Crippen LogP contribution in [0.3, 0.4) is 0 Å². The van der Waals surface area contributed by atoms with Crippen molar-refractivity contribution in [3.05, 3.63) is 54.0 Å². The number of pyridine rings is 1. The second kappa shape index (κ2) is 8.72. The zero-order chi connectivity index (χ0) is 20.1. The van der Waals surface area contributed by atoms with Gasteiger partial charge in [0.05, 0.1) is 7.11 Å². The highest BCUT2D eigenvalue weighted by molar-refractivity contribution is 5.89. The van der Waals surface area contributed by atoms with E-state index >= 15 is 0 Å². The average Bonchev–Trinajstić information content (AvgIpc) is 3.29. The first-order chi connectivity index (χ1) is 14.2. The Kier molecular flexibility index (Phi) is 5.69. The Balaban J connectivity index is 1.43. The Hall–Kier alpha value is -3.42. The first-order valence-corrected chi connectivity index (χ1v) is 9.69. The topological polar surface area (TPSA) is 93.4 Å². The van der Waals surface area contributed by atoms with Gasteiger partial charge in [0.1, 0.15) is 11.6 Å². The maximum atomic E-state index is 12.4. The Morgan fingerprint density at radius 1 is 1.21 bits per heavy atom. The number of hydrogen-bond donors (Lipinski definition) is 1. The van der Waals surface area contributed by atoms with Gasteiger partial charge >= 0.3 is 11.8 Å². The summed E-state index contributed by atoms with van der Waals surface area (Å²) in [4.78, 5) is 23.3. The molecule has 4 rings (SSSR count). The number of nitrogens with zero attached hydrogens (tertiary/aromatic N) is 4. The van der Waals surface area contributed by atoms with E-state index in [-0.39, 0.29) is 5.89 Å². The maximum Gasteiger partial charge on any atom is 0.316 e. The second-order valence-electron chi connectivity index (χ2n) is 6.91. The lowest BCUT2D eigenvalue weighted by atomic mass is 10.1. The van der Waals surface area contributed by atoms with Crippen LogP contribution < -0.4 is 15.0 Å². The van der Waals surface area contributed by atoms with Gasteiger partial charge < -0.3 is 19.5 Å². The average molecular weight is 393 g/mol. The fourth-order valence-corrected chi connectivity index (χ4v) is 3.33. The molecule has 1 aliphatic heterocycles. The molecule has 0 bridgehead atoms. The van der Waals surface area contributed by atoms with E-state index in [4.69, 9.17) is 9.26 Å². The van der Waals surface area contributed by atoms with Crippen LogP contribution in [0.2, 0.25) is 0 Å². The molecule has 3 aromatic rings. The van der Waals surface area contributed by atoms with Crippen LogP contribution in [0.25, 0.3) is 11.4 Å². The lowest BCUT2D eigenvalue weighted by molar-refractivity contribution is 0.0907. The first-order valence-electron chi connectivity index (χ1n) is 9.69. The third-order valence-corrected chi connectivity index (χ3v) is 4.89. The summed E-state index contributed by atoms with van der Waals surface area (Å²) in [5.41, 5.74) is 1.69. The Morgan fingerprint density at radius 3 is 2.90 bits per heavy atom. The van der Waals surface area contributed by atoms with Gasteiger partial charge in [-0.05, 0) is 49.1 Å². The minimum absolute atomic E-state index is 0.0702. The molecule has 1 amide bonds. The van der Waals surface area contributed by atoms with Gasteiger partial charge in [-0.1, -0.05) is 17.3 Å². The van der Waals surface area contributed by atoms with E-state index in [9.17, 15) is 4.79 Å². The van der Waals surface area contributed by atoms with Crippen LogP contribution in [0.5, 0.6) is 5.75 Å². The van der Waals surface area contributed by atoms with E-state index < -0.39 is 5.91 Å². The summed E-state index contributed by atoms with van der Waals surface area (Å²) < 4.78 is 10.4. The molecule has 1 N–H and O–H groups in total. The number of piperidine rings is 1. The number of methoxy groups -OCH3 is 1. The highest BCUT2D eigenvalue weighted by Crippen LogP contribution is 2.23. The molecule has 0 spiro atoms. The van der Waals surface area contributed by atoms with Gasteiger partial charge in [0, 0.05) is 31.4 Å². The first kappa shape index (κ1) is 18.9. The van der Waals surface area contributed by atoms with Crippen LogP contribution in [0.1, 0.15) is 35.5 Å². The molecule has 1 aliphatic rings. The molecule has 1 aromatic carbocycles. The molecule has 0 unspecified atom stereocenters. The Morgan fingerprint density at radius 2 is 2.07 bits per heavy atom. The quantitative estimate of drug-likeness (QED) is 0.688. The van der Waals surface area contributed by atoms with Gasteiger partial charge in [-0.15, -0.1) is 0 Å². The standard InChI is InChI=1S/C21H23N5O3/c1-28-17-7-5-6-15(12-17)14-23-20(27)21-24-19(25-29-21)16-8-9-22-18(13-16)26-10-3-2-4-11-26/h5-9,12-13H,2-4,10-11,14H2,1H3,(H,23,27). The lowest BCUT2D eigenvalue weighted by Gasteiger charge is -2.27. The number of nitrogens with one attached hydrogen (secondary N) is 1. The van der Waals surface area contributed by atoms with E-state index in [1.54, 1.807) is 13.3 Å². The van der Waals surface area contributed by atoms with Crippen LogP contribution in [-0.2, 0) is 6.54 Å². The van der Waals surface area contributed by atoms with Gasteiger partial charge in [-0.25, -0.2) is 4.98 Å². The summed E-state index contributed by atoms with van der Waals surface area (Å²) in [5, 5.41) is 6.75. The molecule has 0 radical (unpaired) electrons. The molecule has 1 saturated heterocycles. The fourth-order valence-electron chi connectivity index (χ4n) is 3.33. The van der Waals surface area contributed by atoms with Gasteiger partial charge in [0.2, 0.25) is 5.82 Å². The van der Waals surface area contributed by atoms with E-state index in [1.807, 2.05) is 36.4 Å². The summed E-state index contributed by atoms with van der Waals surface area (Å²) in [5.74, 6) is 1.52. The smallest absolute Gasteiger partial charge is 0.316 e. The van der Waals surface area contributed by atoms with Gasteiger partial charge in [0.25, 0.3) is 0 Å². The highest BCUT2D eigenvalue weighted by Gasteiger charge is 2.18. The molecule has 29 heavy (non-hydrogen) atoms. The lowest BCUT2D eigenvalue weighted by Crippen LogP contribution is -2.30. The van der Waals surface area contributed by atoms with Crippen molar-refractivity contribution in [1.29, 1.82) is 0 Å². The SMILES string of the molecule is COc1cccc(CNC(=O)c2nc(-c3ccnc(N4CCCCC4)c3)no2)c1. The molecule has 8 heteroatoms. The minimum Gasteiger partial charge on any atom is -0.497 e. The summed E-state index contributed by atoms with van der Waals surface area (Å²) in [6.07, 6.45) is 5.34. The number of ether oxygens (including phenoxy) is 1. The number of hydrogen-bond acceptors (Lipinski definition) is 7. The second-order valence-corrected chi connectivity index (χ2v) is 6.91. The van der Waals surface area contributed by atoms with Gasteiger partial charge in [-0.3, -0.25) is 4.79 Å². The van der Waals surface area contributed by atoms with Gasteiger partial charge in [0.15, 0.2) is 0 Å². The van der Waals surface area contributed by atoms with Crippen LogP contribution in [0, 0.1) is 0 Å². The molecule has 2 aromatic heterocycles. The third-order valence-electron chi connectivity index (χ3n) is 4.89. The van der Waals surface area contributed by atoms with Crippen LogP contribution in [0.4, 0.5) is 5.82 Å². The normalized spacial score (nSPS) is 13.9. The zero-order valence-corrected chi connectivity index (χ0v) is 16.3. The van der Waals surface area contributed by atoms with Crippen molar-refractivity contribution >= 4 is 11.7 Å². The largest absolute Gasteiger partial charge is 0.497 e. The summed E-state index contributed by atoms with van der Waals surface area (Å²) in [6.45, 7) is 2.34. The van der Waals surface area contributed by atoms with Crippen molar-refractivity contribution < 1.29 is 14.1 Å². The van der Waals surface area contributed by atoms with Crippen LogP contribution in [0.15, 0.2) is 47.1 Å². The number of rotatable bonds is 6. The van der Waals surface area contributed by atoms with Crippen molar-refractivity contribution in [2.45, 2.75) is 25.8 Å². The predicted molar refractivity (Wildman–Crippen MR) is 108 cm³/mol. The van der Waals surface area contributed by atoms with Crippen molar-refractivity contribution in [1.82, 2.24) is 20.4 Å². The molecular formula is C21H23N5O3. The maximum absolute atomic E-state index is 12.4. The minimum atomic E-state index is -0.420. The van der Waals surface area contributed by atoms with E-state index in [2.05, 4.69) is 25.3 Å². The summed E-state index contributed by atoms with van der Waals surface area (Å²) >= 11 is 0. The van der Waals surface area contributed by atoms with Crippen LogP contribution in [-0.4, -0.2) is 41.2 Å². The zero-order valence-electron chi connectivity index (χ0n) is 16.3. The third kappa shape index (κ3) is 4.53. The van der Waals surface area contributed by atoms with Crippen molar-refractivity contribution in [3.8, 4) is 17.1 Å². The molecule has 0 atom stereocenters. The summed E-state index contributed by atoms with van der Waals surface area (Å²) in [6, 6.07) is 11.2. The molecule has 1 fully saturated rings. The molecule has 0 saturated carbocycles. The summed E-state index contributed by atoms with van der Waals surface area (Å²) in [7, 11) is 1.60. The molecule has 0 aliphatic carbocycles. The van der Waals surface area contributed by atoms with E-state index in [0.717, 1.165) is 35.8 Å². The van der Waals surface area contributed by atoms with Crippen molar-refractivity contribution in [2.24, 2.45) is 0 Å². The number of carbonyl (C=O) groups is 1. The molecule has 8 nitrogen and oxygen atoms in total. The highest BCUT2D eigenvalue weighted by atomic mass is 16.5. The van der Waals surface area contributed by atoms with Gasteiger partial charge in [-0.2, -0.15) is 4.98 Å². The fraction of sp³-hybridized carbons (Fsp3) is 0.333. The number of benzene rings is 1.